The van der Waals surface area contributed by atoms with Gasteiger partial charge in [0.2, 0.25) is 0 Å². The minimum Gasteiger partial charge on any atom is -0.396 e. The Bertz CT molecular complexity index is 127. The van der Waals surface area contributed by atoms with E-state index in [-0.39, 0.29) is 5.41 Å². The van der Waals surface area contributed by atoms with E-state index < -0.39 is 0 Å². The molecule has 0 rings (SSSR count). The molecule has 91 valence electrons. The fourth-order valence-corrected chi connectivity index (χ4v) is 2.22. The molecule has 0 fully saturated rings. The zero-order chi connectivity index (χ0) is 11.6. The molecular weight excluding hydrogens is 184 g/mol. The van der Waals surface area contributed by atoms with Crippen LogP contribution in [-0.4, -0.2) is 11.7 Å². The van der Waals surface area contributed by atoms with E-state index in [0.29, 0.717) is 6.61 Å². The number of hydrogen-bond acceptors (Lipinski definition) is 1. The lowest BCUT2D eigenvalue weighted by Gasteiger charge is -2.30. The molecule has 1 N–H and O–H groups in total. The second kappa shape index (κ2) is 9.21. The molecule has 1 atom stereocenters. The highest BCUT2D eigenvalue weighted by Gasteiger charge is 2.25. The van der Waals surface area contributed by atoms with E-state index in [2.05, 4.69) is 27.2 Å². The maximum absolute atomic E-state index is 9.49. The summed E-state index contributed by atoms with van der Waals surface area (Å²) >= 11 is 0. The minimum atomic E-state index is 0.182. The van der Waals surface area contributed by atoms with Gasteiger partial charge in [-0.3, -0.25) is 0 Å². The average molecular weight is 213 g/mol. The Morgan fingerprint density at radius 3 is 2.20 bits per heavy atom. The van der Waals surface area contributed by atoms with Crippen LogP contribution in [0.4, 0.5) is 0 Å². The second-order valence-corrected chi connectivity index (χ2v) is 4.79. The van der Waals surface area contributed by atoms with Crippen LogP contribution < -0.4 is 0 Å². The van der Waals surface area contributed by atoms with E-state index in [1.54, 1.807) is 0 Å². The van der Waals surface area contributed by atoms with Gasteiger partial charge in [-0.1, -0.05) is 52.9 Å². The highest BCUT2D eigenvalue weighted by atomic mass is 16.3. The van der Waals surface area contributed by atoms with Crippen LogP contribution in [-0.2, 0) is 0 Å². The summed E-state index contributed by atoms with van der Waals surface area (Å²) < 4.78 is 0. The molecule has 1 unspecified atom stereocenters. The molecule has 1 nitrogen and oxygen atoms in total. The van der Waals surface area contributed by atoms with Gasteiger partial charge in [0.25, 0.3) is 0 Å². The first kappa shape index (κ1) is 15.0. The summed E-state index contributed by atoms with van der Waals surface area (Å²) in [5.74, 6) is 0. The fourth-order valence-electron chi connectivity index (χ4n) is 2.22. The standard InChI is InChI=1S/C14H29O/c1-4-7-8-9-10-12-14(6-3,13-15)11-5-2/h5,15H,4,6-13H2,1-3H3. The molecule has 1 radical (unpaired) electrons. The van der Waals surface area contributed by atoms with Crippen molar-refractivity contribution in [3.63, 3.8) is 0 Å². The summed E-state index contributed by atoms with van der Waals surface area (Å²) in [5.41, 5.74) is 0.182. The van der Waals surface area contributed by atoms with Crippen molar-refractivity contribution in [1.82, 2.24) is 0 Å². The van der Waals surface area contributed by atoms with Crippen LogP contribution >= 0.6 is 0 Å². The van der Waals surface area contributed by atoms with Gasteiger partial charge >= 0.3 is 0 Å². The third-order valence-corrected chi connectivity index (χ3v) is 3.53. The van der Waals surface area contributed by atoms with Gasteiger partial charge in [0, 0.05) is 6.61 Å². The lowest BCUT2D eigenvalue weighted by molar-refractivity contribution is 0.105. The molecule has 0 saturated carbocycles. The van der Waals surface area contributed by atoms with Crippen molar-refractivity contribution in [2.24, 2.45) is 5.41 Å². The molecule has 0 amide bonds. The van der Waals surface area contributed by atoms with Crippen molar-refractivity contribution in [3.05, 3.63) is 6.42 Å². The van der Waals surface area contributed by atoms with Gasteiger partial charge in [-0.15, -0.1) is 0 Å². The minimum absolute atomic E-state index is 0.182. The molecule has 1 heteroatoms. The van der Waals surface area contributed by atoms with Gasteiger partial charge in [0.05, 0.1) is 0 Å². The van der Waals surface area contributed by atoms with Gasteiger partial charge in [0.15, 0.2) is 0 Å². The van der Waals surface area contributed by atoms with Crippen molar-refractivity contribution in [2.75, 3.05) is 6.61 Å². The average Bonchev–Trinajstić information content (AvgIpc) is 2.27. The Balaban J connectivity index is 3.74. The first-order valence-electron chi connectivity index (χ1n) is 6.63. The van der Waals surface area contributed by atoms with Crippen molar-refractivity contribution < 1.29 is 5.11 Å². The van der Waals surface area contributed by atoms with E-state index in [1.165, 1.54) is 38.5 Å². The van der Waals surface area contributed by atoms with Gasteiger partial charge in [0.1, 0.15) is 0 Å². The van der Waals surface area contributed by atoms with E-state index in [9.17, 15) is 5.11 Å². The normalized spacial score (nSPS) is 15.2. The van der Waals surface area contributed by atoms with Crippen LogP contribution in [0.5, 0.6) is 0 Å². The Hall–Kier alpha value is -0.0400. The zero-order valence-corrected chi connectivity index (χ0v) is 10.9. The lowest BCUT2D eigenvalue weighted by Crippen LogP contribution is -2.24. The first-order chi connectivity index (χ1) is 7.24. The summed E-state index contributed by atoms with van der Waals surface area (Å²) in [6.07, 6.45) is 12.2. The molecule has 0 aliphatic heterocycles. The summed E-state index contributed by atoms with van der Waals surface area (Å²) in [7, 11) is 0. The summed E-state index contributed by atoms with van der Waals surface area (Å²) in [4.78, 5) is 0. The number of rotatable bonds is 10. The zero-order valence-electron chi connectivity index (χ0n) is 10.9. The molecule has 15 heavy (non-hydrogen) atoms. The maximum atomic E-state index is 9.49. The summed E-state index contributed by atoms with van der Waals surface area (Å²) in [6.45, 7) is 6.89. The Labute approximate surface area is 96.3 Å². The maximum Gasteiger partial charge on any atom is 0.0487 e. The van der Waals surface area contributed by atoms with E-state index >= 15 is 0 Å². The van der Waals surface area contributed by atoms with Crippen LogP contribution in [0, 0.1) is 11.8 Å². The van der Waals surface area contributed by atoms with Crippen LogP contribution in [0.25, 0.3) is 0 Å². The Kier molecular flexibility index (Phi) is 9.18. The third kappa shape index (κ3) is 6.19. The van der Waals surface area contributed by atoms with Crippen molar-refractivity contribution >= 4 is 0 Å². The quantitative estimate of drug-likeness (QED) is 0.535. The van der Waals surface area contributed by atoms with E-state index in [1.807, 2.05) is 0 Å². The van der Waals surface area contributed by atoms with E-state index in [0.717, 1.165) is 12.8 Å². The first-order valence-corrected chi connectivity index (χ1v) is 6.63. The second-order valence-electron chi connectivity index (χ2n) is 4.79. The van der Waals surface area contributed by atoms with Crippen LogP contribution in [0.15, 0.2) is 0 Å². The number of aliphatic hydroxyl groups is 1. The van der Waals surface area contributed by atoms with Gasteiger partial charge in [-0.2, -0.15) is 0 Å². The van der Waals surface area contributed by atoms with Crippen LogP contribution in [0.3, 0.4) is 0 Å². The fraction of sp³-hybridized carbons (Fsp3) is 0.929. The SMILES string of the molecule is C[CH]CC(CC)(CO)CCCCCCC. The van der Waals surface area contributed by atoms with Crippen LogP contribution in [0.2, 0.25) is 0 Å². The molecule has 0 aromatic rings. The smallest absolute Gasteiger partial charge is 0.0487 e. The highest BCUT2D eigenvalue weighted by molar-refractivity contribution is 4.81. The molecule has 0 aliphatic rings. The summed E-state index contributed by atoms with van der Waals surface area (Å²) in [5, 5.41) is 9.49. The summed E-state index contributed by atoms with van der Waals surface area (Å²) in [6, 6.07) is 0. The predicted molar refractivity (Wildman–Crippen MR) is 67.8 cm³/mol. The number of aliphatic hydroxyl groups excluding tert-OH is 1. The number of unbranched alkanes of at least 4 members (excludes halogenated alkanes) is 4. The van der Waals surface area contributed by atoms with Crippen molar-refractivity contribution in [3.8, 4) is 0 Å². The van der Waals surface area contributed by atoms with Crippen LogP contribution in [0.1, 0.15) is 72.1 Å². The van der Waals surface area contributed by atoms with Crippen molar-refractivity contribution in [2.45, 2.75) is 72.1 Å². The largest absolute Gasteiger partial charge is 0.396 e. The monoisotopic (exact) mass is 213 g/mol. The van der Waals surface area contributed by atoms with Crippen molar-refractivity contribution in [1.29, 1.82) is 0 Å². The molecule has 0 aliphatic carbocycles. The Morgan fingerprint density at radius 1 is 1.07 bits per heavy atom. The van der Waals surface area contributed by atoms with Gasteiger partial charge in [-0.25, -0.2) is 0 Å². The highest BCUT2D eigenvalue weighted by Crippen LogP contribution is 2.33. The topological polar surface area (TPSA) is 20.2 Å². The molecule has 0 heterocycles. The van der Waals surface area contributed by atoms with E-state index in [4.69, 9.17) is 0 Å². The van der Waals surface area contributed by atoms with Gasteiger partial charge in [-0.05, 0) is 31.1 Å². The molecular formula is C14H29O. The molecule has 0 aromatic heterocycles. The molecule has 0 saturated heterocycles. The molecule has 0 aromatic carbocycles. The third-order valence-electron chi connectivity index (χ3n) is 3.53. The predicted octanol–water partition coefficient (Wildman–Crippen LogP) is 4.35. The number of hydrogen-bond donors (Lipinski definition) is 1. The lowest BCUT2D eigenvalue weighted by atomic mass is 9.77. The molecule has 0 spiro atoms. The Morgan fingerprint density at radius 2 is 1.73 bits per heavy atom. The molecule has 0 bridgehead atoms. The van der Waals surface area contributed by atoms with Gasteiger partial charge < -0.3 is 5.11 Å².